The fourth-order valence-corrected chi connectivity index (χ4v) is 8.17. The van der Waals surface area contributed by atoms with Crippen LogP contribution >= 0.6 is 0 Å². The van der Waals surface area contributed by atoms with Crippen LogP contribution in [0.5, 0.6) is 11.5 Å². The van der Waals surface area contributed by atoms with Gasteiger partial charge in [-0.15, -0.1) is 0 Å². The summed E-state index contributed by atoms with van der Waals surface area (Å²) in [6.45, 7) is 0. The molecule has 5 aromatic rings. The van der Waals surface area contributed by atoms with Gasteiger partial charge in [0.15, 0.2) is 11.2 Å². The molecule has 1 aliphatic heterocycles. The lowest BCUT2D eigenvalue weighted by Gasteiger charge is -2.41. The maximum absolute atomic E-state index is 15.4. The number of benzene rings is 3. The monoisotopic (exact) mass is 629 g/mol. The Kier molecular flexibility index (Phi) is 6.49. The van der Waals surface area contributed by atoms with Crippen LogP contribution in [0.15, 0.2) is 97.3 Å². The van der Waals surface area contributed by atoms with Gasteiger partial charge in [-0.3, -0.25) is 4.98 Å². The van der Waals surface area contributed by atoms with Gasteiger partial charge in [-0.25, -0.2) is 13.8 Å². The molecule has 7 nitrogen and oxygen atoms in total. The predicted molar refractivity (Wildman–Crippen MR) is 170 cm³/mol. The van der Waals surface area contributed by atoms with Crippen molar-refractivity contribution < 1.29 is 28.5 Å². The summed E-state index contributed by atoms with van der Waals surface area (Å²) >= 11 is 0. The number of fused-ring (bicyclic) bond motifs is 5. The lowest BCUT2D eigenvalue weighted by molar-refractivity contribution is -0.152. The van der Waals surface area contributed by atoms with E-state index in [4.69, 9.17) is 9.47 Å². The molecule has 234 valence electrons. The SMILES string of the molecule is COc1cncc2c1[C@]1(O)[C@H](O)[C@@H](CC3=c4cc5ccccc5nc4=CC(F)(F)C3)[C@H](c3ccccc3)[C@]1(c1ccc(C#N)cc1)O2. The van der Waals surface area contributed by atoms with Gasteiger partial charge in [0, 0.05) is 34.9 Å². The Morgan fingerprint density at radius 3 is 2.51 bits per heavy atom. The van der Waals surface area contributed by atoms with Crippen molar-refractivity contribution in [3.05, 3.63) is 130 Å². The van der Waals surface area contributed by atoms with Crippen LogP contribution in [0, 0.1) is 17.2 Å². The molecule has 2 N–H and O–H groups in total. The van der Waals surface area contributed by atoms with Crippen LogP contribution in [0.1, 0.15) is 41.0 Å². The third kappa shape index (κ3) is 4.15. The number of hydrogen-bond donors (Lipinski definition) is 2. The lowest BCUT2D eigenvalue weighted by Crippen LogP contribution is -2.52. The molecule has 3 aromatic carbocycles. The second kappa shape index (κ2) is 10.4. The van der Waals surface area contributed by atoms with Crippen molar-refractivity contribution in [2.75, 3.05) is 7.11 Å². The van der Waals surface area contributed by atoms with Crippen LogP contribution in [-0.4, -0.2) is 39.3 Å². The molecule has 3 heterocycles. The summed E-state index contributed by atoms with van der Waals surface area (Å²) < 4.78 is 43.4. The third-order valence-electron chi connectivity index (χ3n) is 10.0. The first-order valence-electron chi connectivity index (χ1n) is 15.4. The minimum atomic E-state index is -3.17. The first-order chi connectivity index (χ1) is 22.7. The number of pyridine rings is 2. The Morgan fingerprint density at radius 1 is 1.02 bits per heavy atom. The fraction of sp³-hybridized carbons (Fsp3) is 0.237. The highest BCUT2D eigenvalue weighted by Gasteiger charge is 2.76. The molecule has 5 atom stereocenters. The first kappa shape index (κ1) is 29.2. The molecule has 0 saturated heterocycles. The predicted octanol–water partition coefficient (Wildman–Crippen LogP) is 4.82. The van der Waals surface area contributed by atoms with Crippen molar-refractivity contribution in [3.8, 4) is 17.6 Å². The molecule has 8 rings (SSSR count). The molecule has 1 saturated carbocycles. The maximum Gasteiger partial charge on any atom is 0.272 e. The smallest absolute Gasteiger partial charge is 0.272 e. The Balaban J connectivity index is 1.41. The summed E-state index contributed by atoms with van der Waals surface area (Å²) in [6, 6.07) is 27.4. The number of nitrogens with zero attached hydrogens (tertiary/aromatic N) is 3. The van der Waals surface area contributed by atoms with Crippen LogP contribution in [0.4, 0.5) is 8.78 Å². The van der Waals surface area contributed by atoms with Crippen molar-refractivity contribution in [1.29, 1.82) is 5.26 Å². The average molecular weight is 630 g/mol. The van der Waals surface area contributed by atoms with E-state index >= 15 is 8.78 Å². The van der Waals surface area contributed by atoms with Crippen molar-refractivity contribution in [3.63, 3.8) is 0 Å². The van der Waals surface area contributed by atoms with Crippen LogP contribution in [0.3, 0.4) is 0 Å². The van der Waals surface area contributed by atoms with Gasteiger partial charge < -0.3 is 19.7 Å². The van der Waals surface area contributed by atoms with Crippen LogP contribution in [0.2, 0.25) is 0 Å². The third-order valence-corrected chi connectivity index (χ3v) is 10.0. The number of methoxy groups -OCH3 is 1. The van der Waals surface area contributed by atoms with E-state index in [-0.39, 0.29) is 28.8 Å². The number of aliphatic hydroxyl groups excluding tert-OH is 1. The number of ether oxygens (including phenoxy) is 2. The van der Waals surface area contributed by atoms with E-state index in [9.17, 15) is 15.5 Å². The Morgan fingerprint density at radius 2 is 1.77 bits per heavy atom. The highest BCUT2D eigenvalue weighted by atomic mass is 19.3. The second-order valence-corrected chi connectivity index (χ2v) is 12.5. The normalized spacial score (nSPS) is 26.8. The van der Waals surface area contributed by atoms with E-state index in [0.29, 0.717) is 27.4 Å². The van der Waals surface area contributed by atoms with Crippen molar-refractivity contribution >= 4 is 22.6 Å². The summed E-state index contributed by atoms with van der Waals surface area (Å²) in [4.78, 5) is 8.85. The molecule has 47 heavy (non-hydrogen) atoms. The average Bonchev–Trinajstić information content (AvgIpc) is 3.46. The second-order valence-electron chi connectivity index (χ2n) is 12.5. The molecule has 3 aliphatic rings. The van der Waals surface area contributed by atoms with Gasteiger partial charge in [-0.1, -0.05) is 66.2 Å². The summed E-state index contributed by atoms with van der Waals surface area (Å²) in [5.41, 5.74) is -0.841. The van der Waals surface area contributed by atoms with Gasteiger partial charge >= 0.3 is 0 Å². The summed E-state index contributed by atoms with van der Waals surface area (Å²) in [5.74, 6) is -4.27. The number of para-hydroxylation sites is 1. The molecule has 2 aliphatic carbocycles. The number of alkyl halides is 2. The molecule has 0 radical (unpaired) electrons. The quantitative estimate of drug-likeness (QED) is 0.287. The minimum absolute atomic E-state index is 0.0175. The zero-order valence-electron chi connectivity index (χ0n) is 25.3. The fourth-order valence-electron chi connectivity index (χ4n) is 8.17. The molecule has 1 fully saturated rings. The molecule has 0 bridgehead atoms. The first-order valence-corrected chi connectivity index (χ1v) is 15.4. The number of aliphatic hydroxyl groups is 2. The van der Waals surface area contributed by atoms with Crippen LogP contribution < -0.4 is 20.0 Å². The molecular formula is C38H29F2N3O4. The van der Waals surface area contributed by atoms with Crippen molar-refractivity contribution in [1.82, 2.24) is 9.97 Å². The zero-order valence-corrected chi connectivity index (χ0v) is 25.3. The molecular weight excluding hydrogens is 600 g/mol. The molecule has 2 aromatic heterocycles. The highest BCUT2D eigenvalue weighted by molar-refractivity contribution is 5.79. The van der Waals surface area contributed by atoms with Gasteiger partial charge in [0.05, 0.1) is 53.7 Å². The van der Waals surface area contributed by atoms with Gasteiger partial charge in [0.25, 0.3) is 5.92 Å². The zero-order chi connectivity index (χ0) is 32.6. The van der Waals surface area contributed by atoms with Crippen molar-refractivity contribution in [2.45, 2.75) is 42.0 Å². The van der Waals surface area contributed by atoms with E-state index < -0.39 is 41.5 Å². The molecule has 0 unspecified atom stereocenters. The molecule has 0 amide bonds. The number of halogens is 2. The van der Waals surface area contributed by atoms with E-state index in [0.717, 1.165) is 17.0 Å². The van der Waals surface area contributed by atoms with Crippen LogP contribution in [0.25, 0.3) is 22.6 Å². The number of hydrogen-bond acceptors (Lipinski definition) is 7. The van der Waals surface area contributed by atoms with Gasteiger partial charge in [0.2, 0.25) is 0 Å². The minimum Gasteiger partial charge on any atom is -0.495 e. The number of rotatable bonds is 5. The summed E-state index contributed by atoms with van der Waals surface area (Å²) in [7, 11) is 1.45. The number of aromatic nitrogens is 2. The Labute approximate surface area is 268 Å². The number of nitriles is 1. The van der Waals surface area contributed by atoms with Gasteiger partial charge in [-0.2, -0.15) is 5.26 Å². The van der Waals surface area contributed by atoms with E-state index in [1.165, 1.54) is 19.5 Å². The summed E-state index contributed by atoms with van der Waals surface area (Å²) in [5, 5.41) is 36.8. The van der Waals surface area contributed by atoms with Crippen molar-refractivity contribution in [2.24, 2.45) is 5.92 Å². The van der Waals surface area contributed by atoms with Crippen LogP contribution in [-0.2, 0) is 11.2 Å². The maximum atomic E-state index is 15.4. The largest absolute Gasteiger partial charge is 0.495 e. The highest BCUT2D eigenvalue weighted by Crippen LogP contribution is 2.70. The Bertz CT molecular complexity index is 2220. The van der Waals surface area contributed by atoms with E-state index in [1.54, 1.807) is 30.3 Å². The van der Waals surface area contributed by atoms with Gasteiger partial charge in [-0.05, 0) is 41.8 Å². The van der Waals surface area contributed by atoms with Gasteiger partial charge in [0.1, 0.15) is 11.5 Å². The van der Waals surface area contributed by atoms with E-state index in [1.807, 2.05) is 54.6 Å². The lowest BCUT2D eigenvalue weighted by atomic mass is 9.70. The summed E-state index contributed by atoms with van der Waals surface area (Å²) in [6.07, 6.45) is 1.79. The van der Waals surface area contributed by atoms with E-state index in [2.05, 4.69) is 16.0 Å². The molecule has 9 heteroatoms. The standard InChI is InChI=1S/C38H29F2N3O4/c1-46-31-20-42-21-32-34(31)37(45)35(44)28(16-25-17-36(39,40)18-30-27(25)15-24-9-5-6-10-29(24)43-30)33(23-7-3-2-4-8-23)38(37,47-32)26-13-11-22(19-41)12-14-26/h2-15,18,20-21,28,33,35,44-45H,16-17H2,1H3/t28-,33-,35+,37-,38-/m0/s1. The Hall–Kier alpha value is -5.17. The topological polar surface area (TPSA) is 108 Å². The molecule has 0 spiro atoms.